The summed E-state index contributed by atoms with van der Waals surface area (Å²) in [6.45, 7) is 7.33. The molecule has 0 bridgehead atoms. The van der Waals surface area contributed by atoms with Gasteiger partial charge in [0, 0.05) is 25.1 Å². The Morgan fingerprint density at radius 2 is 2.05 bits per heavy atom. The maximum atomic E-state index is 11.7. The van der Waals surface area contributed by atoms with E-state index < -0.39 is 5.97 Å². The van der Waals surface area contributed by atoms with E-state index in [1.54, 1.807) is 0 Å². The molecule has 122 valence electrons. The smallest absolute Gasteiger partial charge is 0.317 e. The van der Waals surface area contributed by atoms with Crippen LogP contribution in [0.3, 0.4) is 0 Å². The van der Waals surface area contributed by atoms with Crippen molar-refractivity contribution in [2.24, 2.45) is 0 Å². The van der Waals surface area contributed by atoms with E-state index in [0.717, 1.165) is 25.8 Å². The Morgan fingerprint density at radius 1 is 1.38 bits per heavy atom. The molecule has 2 N–H and O–H groups in total. The molecule has 0 aliphatic heterocycles. The first-order chi connectivity index (χ1) is 9.92. The minimum Gasteiger partial charge on any atom is -0.480 e. The first-order valence-corrected chi connectivity index (χ1v) is 7.79. The fourth-order valence-corrected chi connectivity index (χ4v) is 2.53. The number of carbonyl (C=O) groups excluding carboxylic acids is 1. The molecule has 6 nitrogen and oxygen atoms in total. The number of carboxylic acid groups (broad SMARTS) is 1. The van der Waals surface area contributed by atoms with Gasteiger partial charge in [-0.25, -0.2) is 0 Å². The highest BCUT2D eigenvalue weighted by Crippen LogP contribution is 2.25. The Kier molecular flexibility index (Phi) is 7.67. The molecule has 1 rings (SSSR count). The zero-order chi connectivity index (χ0) is 15.8. The molecule has 0 aromatic carbocycles. The predicted octanol–water partition coefficient (Wildman–Crippen LogP) is 1.25. The van der Waals surface area contributed by atoms with Crippen molar-refractivity contribution in [2.75, 3.05) is 19.7 Å². The molecule has 0 radical (unpaired) electrons. The van der Waals surface area contributed by atoms with Crippen molar-refractivity contribution in [3.05, 3.63) is 0 Å². The monoisotopic (exact) mass is 300 g/mol. The number of carboxylic acids is 1. The van der Waals surface area contributed by atoms with E-state index in [9.17, 15) is 9.59 Å². The summed E-state index contributed by atoms with van der Waals surface area (Å²) in [4.78, 5) is 24.4. The van der Waals surface area contributed by atoms with Gasteiger partial charge in [0.05, 0.1) is 12.6 Å². The summed E-state index contributed by atoms with van der Waals surface area (Å²) in [6, 6.07) is 0.469. The fourth-order valence-electron chi connectivity index (χ4n) is 2.53. The van der Waals surface area contributed by atoms with E-state index in [1.165, 1.54) is 0 Å². The molecule has 1 saturated carbocycles. The lowest BCUT2D eigenvalue weighted by Gasteiger charge is -2.42. The second-order valence-corrected chi connectivity index (χ2v) is 5.87. The van der Waals surface area contributed by atoms with E-state index >= 15 is 0 Å². The highest BCUT2D eigenvalue weighted by Gasteiger charge is 2.34. The van der Waals surface area contributed by atoms with Gasteiger partial charge in [-0.2, -0.15) is 0 Å². The SMILES string of the molecule is CCN(CC(=O)O)C1CC(NC(=O)CCCOC(C)C)C1. The molecule has 21 heavy (non-hydrogen) atoms. The van der Waals surface area contributed by atoms with E-state index in [0.29, 0.717) is 13.0 Å². The van der Waals surface area contributed by atoms with Crippen molar-refractivity contribution >= 4 is 11.9 Å². The Morgan fingerprint density at radius 3 is 2.57 bits per heavy atom. The first kappa shape index (κ1) is 17.9. The van der Waals surface area contributed by atoms with Crippen LogP contribution in [0.1, 0.15) is 46.5 Å². The highest BCUT2D eigenvalue weighted by atomic mass is 16.5. The molecule has 0 atom stereocenters. The minimum absolute atomic E-state index is 0.0621. The maximum absolute atomic E-state index is 11.7. The second-order valence-electron chi connectivity index (χ2n) is 5.87. The quantitative estimate of drug-likeness (QED) is 0.594. The average molecular weight is 300 g/mol. The number of likely N-dealkylation sites (N-methyl/N-ethyl adjacent to an activating group) is 1. The molecule has 0 saturated heterocycles. The lowest BCUT2D eigenvalue weighted by atomic mass is 9.85. The largest absolute Gasteiger partial charge is 0.480 e. The van der Waals surface area contributed by atoms with Crippen molar-refractivity contribution in [2.45, 2.75) is 64.6 Å². The minimum atomic E-state index is -0.797. The van der Waals surface area contributed by atoms with E-state index in [-0.39, 0.29) is 30.6 Å². The number of amides is 1. The molecule has 1 fully saturated rings. The Balaban J connectivity index is 2.13. The first-order valence-electron chi connectivity index (χ1n) is 7.79. The number of nitrogens with one attached hydrogen (secondary N) is 1. The highest BCUT2D eigenvalue weighted by molar-refractivity contribution is 5.76. The second kappa shape index (κ2) is 9.00. The molecule has 1 aliphatic carbocycles. The van der Waals surface area contributed by atoms with Gasteiger partial charge in [0.1, 0.15) is 0 Å². The molecular formula is C15H28N2O4. The molecule has 0 unspecified atom stereocenters. The van der Waals surface area contributed by atoms with Crippen LogP contribution in [0.2, 0.25) is 0 Å². The number of rotatable bonds is 10. The van der Waals surface area contributed by atoms with E-state index in [1.807, 2.05) is 25.7 Å². The number of hydrogen-bond acceptors (Lipinski definition) is 4. The summed E-state index contributed by atoms with van der Waals surface area (Å²) in [6.07, 6.45) is 3.11. The van der Waals surface area contributed by atoms with Gasteiger partial charge in [-0.15, -0.1) is 0 Å². The number of ether oxygens (including phenoxy) is 1. The Bertz CT molecular complexity index is 341. The summed E-state index contributed by atoms with van der Waals surface area (Å²) in [5.74, 6) is -0.735. The lowest BCUT2D eigenvalue weighted by Crippen LogP contribution is -2.54. The van der Waals surface area contributed by atoms with Gasteiger partial charge in [-0.1, -0.05) is 6.92 Å². The number of hydrogen-bond donors (Lipinski definition) is 2. The molecule has 6 heteroatoms. The lowest BCUT2D eigenvalue weighted by molar-refractivity contribution is -0.139. The van der Waals surface area contributed by atoms with Gasteiger partial charge in [0.2, 0.25) is 5.91 Å². The van der Waals surface area contributed by atoms with E-state index in [4.69, 9.17) is 9.84 Å². The van der Waals surface area contributed by atoms with Crippen LogP contribution in [0.25, 0.3) is 0 Å². The van der Waals surface area contributed by atoms with Gasteiger partial charge >= 0.3 is 5.97 Å². The van der Waals surface area contributed by atoms with Gasteiger partial charge in [0.25, 0.3) is 0 Å². The van der Waals surface area contributed by atoms with Crippen LogP contribution in [-0.2, 0) is 14.3 Å². The van der Waals surface area contributed by atoms with Crippen molar-refractivity contribution in [1.29, 1.82) is 0 Å². The van der Waals surface area contributed by atoms with Crippen LogP contribution in [0.15, 0.2) is 0 Å². The molecule has 0 aromatic heterocycles. The van der Waals surface area contributed by atoms with Crippen LogP contribution in [-0.4, -0.2) is 59.8 Å². The van der Waals surface area contributed by atoms with Gasteiger partial charge < -0.3 is 15.2 Å². The average Bonchev–Trinajstić information content (AvgIpc) is 2.35. The molecule has 1 amide bonds. The molecular weight excluding hydrogens is 272 g/mol. The van der Waals surface area contributed by atoms with Crippen molar-refractivity contribution in [3.63, 3.8) is 0 Å². The van der Waals surface area contributed by atoms with Crippen molar-refractivity contribution < 1.29 is 19.4 Å². The van der Waals surface area contributed by atoms with Gasteiger partial charge in [-0.3, -0.25) is 14.5 Å². The van der Waals surface area contributed by atoms with Crippen LogP contribution in [0.4, 0.5) is 0 Å². The fraction of sp³-hybridized carbons (Fsp3) is 0.867. The molecule has 0 aromatic rings. The van der Waals surface area contributed by atoms with Crippen molar-refractivity contribution in [1.82, 2.24) is 10.2 Å². The number of aliphatic carboxylic acids is 1. The number of nitrogens with zero attached hydrogens (tertiary/aromatic N) is 1. The summed E-state index contributed by atoms with van der Waals surface area (Å²) in [7, 11) is 0. The van der Waals surface area contributed by atoms with E-state index in [2.05, 4.69) is 5.32 Å². The molecule has 0 heterocycles. The standard InChI is InChI=1S/C15H28N2O4/c1-4-17(10-15(19)20)13-8-12(9-13)16-14(18)6-5-7-21-11(2)3/h11-13H,4-10H2,1-3H3,(H,16,18)(H,19,20). The van der Waals surface area contributed by atoms with Crippen LogP contribution < -0.4 is 5.32 Å². The normalized spacial score (nSPS) is 21.4. The summed E-state index contributed by atoms with van der Waals surface area (Å²) >= 11 is 0. The topological polar surface area (TPSA) is 78.9 Å². The zero-order valence-electron chi connectivity index (χ0n) is 13.3. The predicted molar refractivity (Wildman–Crippen MR) is 80.2 cm³/mol. The van der Waals surface area contributed by atoms with Gasteiger partial charge in [-0.05, 0) is 39.7 Å². The Hall–Kier alpha value is -1.14. The molecule has 0 spiro atoms. The van der Waals surface area contributed by atoms with Crippen LogP contribution >= 0.6 is 0 Å². The third-order valence-electron chi connectivity index (χ3n) is 3.74. The van der Waals surface area contributed by atoms with Crippen molar-refractivity contribution in [3.8, 4) is 0 Å². The Labute approximate surface area is 126 Å². The van der Waals surface area contributed by atoms with Crippen LogP contribution in [0, 0.1) is 0 Å². The summed E-state index contributed by atoms with van der Waals surface area (Å²) in [5.41, 5.74) is 0. The van der Waals surface area contributed by atoms with Gasteiger partial charge in [0.15, 0.2) is 0 Å². The maximum Gasteiger partial charge on any atom is 0.317 e. The van der Waals surface area contributed by atoms with Crippen LogP contribution in [0.5, 0.6) is 0 Å². The summed E-state index contributed by atoms with van der Waals surface area (Å²) < 4.78 is 5.40. The summed E-state index contributed by atoms with van der Waals surface area (Å²) in [5, 5.41) is 11.8. The number of carbonyl (C=O) groups is 2. The third kappa shape index (κ3) is 6.91. The third-order valence-corrected chi connectivity index (χ3v) is 3.74. The zero-order valence-corrected chi connectivity index (χ0v) is 13.3. The molecule has 1 aliphatic rings.